The van der Waals surface area contributed by atoms with E-state index in [9.17, 15) is 0 Å². The van der Waals surface area contributed by atoms with E-state index in [-0.39, 0.29) is 0 Å². The summed E-state index contributed by atoms with van der Waals surface area (Å²) in [6, 6.07) is 13.6. The fourth-order valence-corrected chi connectivity index (χ4v) is 6.03. The zero-order valence-corrected chi connectivity index (χ0v) is 18.2. The average molecular weight is 417 g/mol. The zero-order valence-electron chi connectivity index (χ0n) is 18.2. The maximum absolute atomic E-state index is 5.76. The molecule has 1 N–H and O–H groups in total. The highest BCUT2D eigenvalue weighted by molar-refractivity contribution is 5.83. The summed E-state index contributed by atoms with van der Waals surface area (Å²) in [6.45, 7) is 2.75. The number of nitrogens with one attached hydrogen (secondary N) is 1. The van der Waals surface area contributed by atoms with Gasteiger partial charge in [-0.1, -0.05) is 37.5 Å². The molecule has 2 aromatic carbocycles. The van der Waals surface area contributed by atoms with Crippen molar-refractivity contribution in [1.82, 2.24) is 9.88 Å². The maximum Gasteiger partial charge on any atom is 0.231 e. The van der Waals surface area contributed by atoms with E-state index in [0.717, 1.165) is 43.2 Å². The summed E-state index contributed by atoms with van der Waals surface area (Å²) >= 11 is 0. The number of hydrogen-bond donors (Lipinski definition) is 1. The summed E-state index contributed by atoms with van der Waals surface area (Å²) in [7, 11) is 0. The lowest BCUT2D eigenvalue weighted by atomic mass is 9.85. The topological polar surface area (TPSA) is 37.5 Å². The second kappa shape index (κ2) is 8.23. The van der Waals surface area contributed by atoms with Crippen LogP contribution in [0, 0.1) is 5.92 Å². The Hall–Kier alpha value is -2.46. The molecule has 31 heavy (non-hydrogen) atoms. The first-order valence-corrected chi connectivity index (χ1v) is 12.1. The zero-order chi connectivity index (χ0) is 20.6. The fraction of sp³-hybridized carbons (Fsp3) is 0.481. The Kier molecular flexibility index (Phi) is 5.11. The molecular weight excluding hydrogens is 384 g/mol. The van der Waals surface area contributed by atoms with Gasteiger partial charge in [-0.25, -0.2) is 0 Å². The van der Waals surface area contributed by atoms with E-state index in [2.05, 4.69) is 52.5 Å². The van der Waals surface area contributed by atoms with Crippen LogP contribution in [0.1, 0.15) is 61.3 Å². The van der Waals surface area contributed by atoms with Crippen molar-refractivity contribution in [3.8, 4) is 11.5 Å². The number of para-hydroxylation sites is 1. The highest BCUT2D eigenvalue weighted by Crippen LogP contribution is 2.42. The molecule has 1 aromatic heterocycles. The monoisotopic (exact) mass is 416 g/mol. The van der Waals surface area contributed by atoms with Crippen LogP contribution in [0.3, 0.4) is 0 Å². The van der Waals surface area contributed by atoms with E-state index in [1.807, 2.05) is 0 Å². The molecule has 4 nitrogen and oxygen atoms in total. The number of aromatic nitrogens is 1. The maximum atomic E-state index is 5.76. The van der Waals surface area contributed by atoms with Gasteiger partial charge in [-0.2, -0.15) is 0 Å². The lowest BCUT2D eigenvalue weighted by Gasteiger charge is -2.40. The predicted octanol–water partition coefficient (Wildman–Crippen LogP) is 6.01. The first-order chi connectivity index (χ1) is 15.3. The Labute approximate surface area is 184 Å². The van der Waals surface area contributed by atoms with Crippen molar-refractivity contribution in [2.24, 2.45) is 5.92 Å². The first-order valence-electron chi connectivity index (χ1n) is 12.1. The molecule has 0 bridgehead atoms. The molecule has 162 valence electrons. The Morgan fingerprint density at radius 3 is 2.74 bits per heavy atom. The van der Waals surface area contributed by atoms with Gasteiger partial charge in [0.05, 0.1) is 0 Å². The van der Waals surface area contributed by atoms with Crippen LogP contribution in [0.2, 0.25) is 0 Å². The van der Waals surface area contributed by atoms with Crippen molar-refractivity contribution < 1.29 is 9.47 Å². The number of benzene rings is 2. The molecule has 6 rings (SSSR count). The van der Waals surface area contributed by atoms with Gasteiger partial charge in [0.2, 0.25) is 6.79 Å². The Balaban J connectivity index is 1.29. The van der Waals surface area contributed by atoms with E-state index < -0.39 is 0 Å². The molecule has 1 fully saturated rings. The summed E-state index contributed by atoms with van der Waals surface area (Å²) in [5, 5.41) is 1.36. The number of aromatic amines is 1. The molecule has 0 unspecified atom stereocenters. The molecule has 0 spiro atoms. The quantitative estimate of drug-likeness (QED) is 0.553. The Morgan fingerprint density at radius 2 is 1.84 bits per heavy atom. The van der Waals surface area contributed by atoms with Crippen LogP contribution < -0.4 is 9.47 Å². The van der Waals surface area contributed by atoms with Crippen LogP contribution in [0.15, 0.2) is 42.6 Å². The second-order valence-corrected chi connectivity index (χ2v) is 9.57. The molecule has 2 aliphatic heterocycles. The third-order valence-electron chi connectivity index (χ3n) is 7.68. The molecule has 1 aliphatic carbocycles. The summed E-state index contributed by atoms with van der Waals surface area (Å²) in [5.41, 5.74) is 5.59. The second-order valence-electron chi connectivity index (χ2n) is 9.57. The van der Waals surface area contributed by atoms with Gasteiger partial charge in [0.1, 0.15) is 0 Å². The van der Waals surface area contributed by atoms with Crippen molar-refractivity contribution in [3.05, 3.63) is 59.3 Å². The van der Waals surface area contributed by atoms with Gasteiger partial charge >= 0.3 is 0 Å². The van der Waals surface area contributed by atoms with Crippen molar-refractivity contribution in [1.29, 1.82) is 0 Å². The number of fused-ring (bicyclic) bond motifs is 3. The van der Waals surface area contributed by atoms with Gasteiger partial charge in [0.15, 0.2) is 11.5 Å². The number of ether oxygens (including phenoxy) is 2. The van der Waals surface area contributed by atoms with Crippen molar-refractivity contribution in [2.75, 3.05) is 19.9 Å². The van der Waals surface area contributed by atoms with Gasteiger partial charge < -0.3 is 14.5 Å². The number of aryl methyl sites for hydroxylation is 1. The molecule has 1 saturated carbocycles. The summed E-state index contributed by atoms with van der Waals surface area (Å²) in [5.74, 6) is 2.71. The van der Waals surface area contributed by atoms with Crippen LogP contribution in [0.5, 0.6) is 11.5 Å². The minimum Gasteiger partial charge on any atom is -0.454 e. The highest BCUT2D eigenvalue weighted by atomic mass is 16.7. The third-order valence-corrected chi connectivity index (χ3v) is 7.68. The van der Waals surface area contributed by atoms with E-state index in [1.54, 1.807) is 0 Å². The third kappa shape index (κ3) is 3.71. The number of rotatable bonds is 5. The standard InChI is InChI=1S/C27H32N2O2/c1-2-6-19(7-3-1)17-29-13-12-20-14-26-27(31-18-30-26)15-23(20)25(29)11-10-21-16-28-24-9-5-4-8-22(21)24/h4-5,8-9,14-16,19,25,28H,1-3,6-7,10-13,17-18H2/t25-/m1/s1. The van der Waals surface area contributed by atoms with Gasteiger partial charge in [-0.3, -0.25) is 4.90 Å². The first kappa shape index (κ1) is 19.2. The fourth-order valence-electron chi connectivity index (χ4n) is 6.03. The molecule has 0 amide bonds. The molecule has 0 radical (unpaired) electrons. The van der Waals surface area contributed by atoms with E-state index in [4.69, 9.17) is 9.47 Å². The molecule has 3 heterocycles. The summed E-state index contributed by atoms with van der Waals surface area (Å²) in [4.78, 5) is 6.24. The van der Waals surface area contributed by atoms with E-state index >= 15 is 0 Å². The Morgan fingerprint density at radius 1 is 1.00 bits per heavy atom. The molecule has 3 aromatic rings. The summed E-state index contributed by atoms with van der Waals surface area (Å²) in [6.07, 6.45) is 12.6. The SMILES string of the molecule is c1ccc2c(CC[C@@H]3c4cc5c(cc4CCN3CC3CCCCC3)OCO5)c[nH]c2c1. The average Bonchev–Trinajstić information content (AvgIpc) is 3.44. The van der Waals surface area contributed by atoms with Crippen LogP contribution >= 0.6 is 0 Å². The van der Waals surface area contributed by atoms with Crippen molar-refractivity contribution in [3.63, 3.8) is 0 Å². The van der Waals surface area contributed by atoms with Gasteiger partial charge in [-0.05, 0) is 72.9 Å². The van der Waals surface area contributed by atoms with Gasteiger partial charge in [-0.15, -0.1) is 0 Å². The smallest absolute Gasteiger partial charge is 0.231 e. The lowest BCUT2D eigenvalue weighted by Crippen LogP contribution is -2.39. The molecule has 3 aliphatic rings. The molecule has 1 atom stereocenters. The van der Waals surface area contributed by atoms with Crippen molar-refractivity contribution >= 4 is 10.9 Å². The van der Waals surface area contributed by atoms with Crippen LogP contribution in [0.4, 0.5) is 0 Å². The molecule has 0 saturated heterocycles. The predicted molar refractivity (Wildman–Crippen MR) is 124 cm³/mol. The minimum atomic E-state index is 0.351. The number of H-pyrrole nitrogens is 1. The lowest BCUT2D eigenvalue weighted by molar-refractivity contribution is 0.133. The van der Waals surface area contributed by atoms with Gasteiger partial charge in [0, 0.05) is 36.2 Å². The number of nitrogens with zero attached hydrogens (tertiary/aromatic N) is 1. The minimum absolute atomic E-state index is 0.351. The largest absolute Gasteiger partial charge is 0.454 e. The number of hydrogen-bond acceptors (Lipinski definition) is 3. The molecular formula is C27H32N2O2. The van der Waals surface area contributed by atoms with Gasteiger partial charge in [0.25, 0.3) is 0 Å². The van der Waals surface area contributed by atoms with Crippen molar-refractivity contribution in [2.45, 2.75) is 57.4 Å². The summed E-state index contributed by atoms with van der Waals surface area (Å²) < 4.78 is 11.4. The molecule has 4 heteroatoms. The van der Waals surface area contributed by atoms with Crippen LogP contribution in [-0.2, 0) is 12.8 Å². The normalized spacial score (nSPS) is 21.5. The van der Waals surface area contributed by atoms with E-state index in [1.165, 1.54) is 66.2 Å². The highest BCUT2D eigenvalue weighted by Gasteiger charge is 2.31. The van der Waals surface area contributed by atoms with Crippen LogP contribution in [0.25, 0.3) is 10.9 Å². The van der Waals surface area contributed by atoms with E-state index in [0.29, 0.717) is 12.8 Å². The Bertz CT molecular complexity index is 1070. The van der Waals surface area contributed by atoms with Crippen LogP contribution in [-0.4, -0.2) is 29.8 Å².